The largest absolute Gasteiger partial charge is 0.378 e. The fraction of sp³-hybridized carbons (Fsp3) is 0.385. The van der Waals surface area contributed by atoms with Crippen LogP contribution in [0.4, 0.5) is 10.7 Å². The lowest BCUT2D eigenvalue weighted by molar-refractivity contribution is -0.113. The predicted molar refractivity (Wildman–Crippen MR) is 144 cm³/mol. The number of nitrogens with one attached hydrogen (secondary N) is 1. The van der Waals surface area contributed by atoms with Crippen molar-refractivity contribution in [2.75, 3.05) is 30.1 Å². The van der Waals surface area contributed by atoms with Gasteiger partial charge in [0, 0.05) is 36.8 Å². The molecule has 0 radical (unpaired) electrons. The second kappa shape index (κ2) is 11.1. The fourth-order valence-electron chi connectivity index (χ4n) is 4.33. The maximum absolute atomic E-state index is 12.8. The van der Waals surface area contributed by atoms with Crippen LogP contribution in [-0.4, -0.2) is 40.5 Å². The van der Waals surface area contributed by atoms with E-state index in [1.165, 1.54) is 16.6 Å². The monoisotopic (exact) mass is 506 g/mol. The molecule has 1 aliphatic rings. The highest BCUT2D eigenvalue weighted by atomic mass is 32.2. The molecule has 1 N–H and O–H groups in total. The van der Waals surface area contributed by atoms with Crippen molar-refractivity contribution in [3.8, 4) is 17.5 Å². The van der Waals surface area contributed by atoms with Gasteiger partial charge in [0.2, 0.25) is 5.91 Å². The third kappa shape index (κ3) is 5.44. The molecule has 7 nitrogen and oxygen atoms in total. The molecule has 0 aliphatic heterocycles. The molecular weight excluding hydrogens is 476 g/mol. The van der Waals surface area contributed by atoms with E-state index in [-0.39, 0.29) is 11.7 Å². The van der Waals surface area contributed by atoms with Gasteiger partial charge in [0.05, 0.1) is 11.3 Å². The van der Waals surface area contributed by atoms with E-state index in [4.69, 9.17) is 0 Å². The van der Waals surface area contributed by atoms with Crippen LogP contribution in [0.2, 0.25) is 0 Å². The number of rotatable bonds is 9. The summed E-state index contributed by atoms with van der Waals surface area (Å²) in [6.07, 6.45) is 5.96. The topological polar surface area (TPSA) is 86.8 Å². The van der Waals surface area contributed by atoms with E-state index in [1.807, 2.05) is 41.8 Å². The van der Waals surface area contributed by atoms with Crippen LogP contribution < -0.4 is 10.2 Å². The Bertz CT molecular complexity index is 1270. The second-order valence-corrected chi connectivity index (χ2v) is 10.9. The Balaban J connectivity index is 1.48. The van der Waals surface area contributed by atoms with Gasteiger partial charge in [-0.2, -0.15) is 5.26 Å². The summed E-state index contributed by atoms with van der Waals surface area (Å²) in [6.45, 7) is 6.62. The van der Waals surface area contributed by atoms with Crippen LogP contribution in [0.5, 0.6) is 0 Å². The molecular formula is C26H30N6OS2. The number of carbonyl (C=O) groups excluding carboxylic acids is 1. The third-order valence-corrected chi connectivity index (χ3v) is 8.43. The van der Waals surface area contributed by atoms with E-state index in [0.717, 1.165) is 48.3 Å². The minimum atomic E-state index is -0.151. The van der Waals surface area contributed by atoms with Crippen molar-refractivity contribution in [2.24, 2.45) is 5.92 Å². The number of nitrogens with zero attached hydrogens (tertiary/aromatic N) is 5. The van der Waals surface area contributed by atoms with Crippen molar-refractivity contribution in [1.29, 1.82) is 5.26 Å². The Labute approximate surface area is 214 Å². The van der Waals surface area contributed by atoms with Gasteiger partial charge in [0.1, 0.15) is 11.1 Å². The molecule has 9 heteroatoms. The van der Waals surface area contributed by atoms with E-state index < -0.39 is 0 Å². The molecule has 2 heterocycles. The first kappa shape index (κ1) is 25.0. The molecule has 0 spiro atoms. The van der Waals surface area contributed by atoms with Crippen LogP contribution in [0.25, 0.3) is 11.4 Å². The molecule has 0 saturated carbocycles. The molecule has 2 aromatic heterocycles. The van der Waals surface area contributed by atoms with Crippen molar-refractivity contribution in [1.82, 2.24) is 14.8 Å². The van der Waals surface area contributed by atoms with Crippen LogP contribution >= 0.6 is 23.1 Å². The zero-order valence-electron chi connectivity index (χ0n) is 20.4. The first-order valence-corrected chi connectivity index (χ1v) is 13.5. The van der Waals surface area contributed by atoms with Crippen LogP contribution in [0, 0.1) is 17.2 Å². The molecule has 1 amide bonds. The average molecular weight is 507 g/mol. The SMILES string of the molecule is C=CCn1c(SCC(=O)Nc2sc3c(c2C#N)CCC(CC)C3)nnc1-c1cccc(N(C)C)c1. The van der Waals surface area contributed by atoms with E-state index in [9.17, 15) is 10.1 Å². The molecule has 1 unspecified atom stereocenters. The number of aromatic nitrogens is 3. The lowest BCUT2D eigenvalue weighted by Gasteiger charge is -2.20. The van der Waals surface area contributed by atoms with E-state index in [0.29, 0.717) is 28.2 Å². The minimum Gasteiger partial charge on any atom is -0.378 e. The summed E-state index contributed by atoms with van der Waals surface area (Å²) in [4.78, 5) is 16.1. The van der Waals surface area contributed by atoms with Crippen molar-refractivity contribution in [3.05, 3.63) is 52.9 Å². The quantitative estimate of drug-likeness (QED) is 0.310. The van der Waals surface area contributed by atoms with Crippen LogP contribution in [0.3, 0.4) is 0 Å². The Kier molecular flexibility index (Phi) is 7.93. The molecule has 3 aromatic rings. The highest BCUT2D eigenvalue weighted by Gasteiger charge is 2.26. The standard InChI is InChI=1S/C26H30N6OS2/c1-5-12-32-24(18-8-7-9-19(14-18)31(3)4)29-30-26(32)34-16-23(33)28-25-21(15-27)20-11-10-17(6-2)13-22(20)35-25/h5,7-9,14,17H,1,6,10-13,16H2,2-4H3,(H,28,33). The van der Waals surface area contributed by atoms with Gasteiger partial charge in [-0.1, -0.05) is 43.3 Å². The number of fused-ring (bicyclic) bond motifs is 1. The molecule has 1 aliphatic carbocycles. The molecule has 1 atom stereocenters. The van der Waals surface area contributed by atoms with E-state index in [2.05, 4.69) is 41.2 Å². The number of benzene rings is 1. The van der Waals surface area contributed by atoms with Crippen molar-refractivity contribution in [2.45, 2.75) is 44.3 Å². The van der Waals surface area contributed by atoms with Crippen LogP contribution in [0.15, 0.2) is 42.1 Å². The lowest BCUT2D eigenvalue weighted by atomic mass is 9.86. The zero-order chi connectivity index (χ0) is 24.9. The lowest BCUT2D eigenvalue weighted by Crippen LogP contribution is -2.15. The number of allylic oxidation sites excluding steroid dienone is 1. The average Bonchev–Trinajstić information content (AvgIpc) is 3.42. The van der Waals surface area contributed by atoms with Gasteiger partial charge >= 0.3 is 0 Å². The van der Waals surface area contributed by atoms with Gasteiger partial charge < -0.3 is 10.2 Å². The molecule has 1 aromatic carbocycles. The normalized spacial score (nSPS) is 14.7. The summed E-state index contributed by atoms with van der Waals surface area (Å²) in [6, 6.07) is 10.4. The van der Waals surface area contributed by atoms with Gasteiger partial charge in [-0.05, 0) is 42.9 Å². The Morgan fingerprint density at radius 3 is 2.97 bits per heavy atom. The summed E-state index contributed by atoms with van der Waals surface area (Å²) in [5.41, 5.74) is 3.78. The summed E-state index contributed by atoms with van der Waals surface area (Å²) in [5.74, 6) is 1.43. The van der Waals surface area contributed by atoms with Crippen molar-refractivity contribution >= 4 is 39.7 Å². The van der Waals surface area contributed by atoms with Gasteiger partial charge in [-0.25, -0.2) is 0 Å². The van der Waals surface area contributed by atoms with Gasteiger partial charge in [-0.15, -0.1) is 28.1 Å². The van der Waals surface area contributed by atoms with E-state index >= 15 is 0 Å². The van der Waals surface area contributed by atoms with Crippen LogP contribution in [0.1, 0.15) is 35.8 Å². The first-order chi connectivity index (χ1) is 16.9. The van der Waals surface area contributed by atoms with E-state index in [1.54, 1.807) is 17.4 Å². The summed E-state index contributed by atoms with van der Waals surface area (Å²) in [5, 5.41) is 22.8. The zero-order valence-corrected chi connectivity index (χ0v) is 22.0. The van der Waals surface area contributed by atoms with Gasteiger partial charge in [0.25, 0.3) is 0 Å². The third-order valence-electron chi connectivity index (χ3n) is 6.29. The van der Waals surface area contributed by atoms with Crippen molar-refractivity contribution in [3.63, 3.8) is 0 Å². The fourth-order valence-corrected chi connectivity index (χ4v) is 6.40. The Morgan fingerprint density at radius 1 is 1.43 bits per heavy atom. The summed E-state index contributed by atoms with van der Waals surface area (Å²) >= 11 is 2.89. The molecule has 0 fully saturated rings. The molecule has 0 saturated heterocycles. The van der Waals surface area contributed by atoms with Crippen LogP contribution in [-0.2, 0) is 24.2 Å². The summed E-state index contributed by atoms with van der Waals surface area (Å²) < 4.78 is 1.97. The maximum Gasteiger partial charge on any atom is 0.235 e. The minimum absolute atomic E-state index is 0.151. The number of anilines is 2. The summed E-state index contributed by atoms with van der Waals surface area (Å²) in [7, 11) is 3.99. The first-order valence-electron chi connectivity index (χ1n) is 11.7. The Morgan fingerprint density at radius 2 is 2.26 bits per heavy atom. The van der Waals surface area contributed by atoms with Gasteiger partial charge in [0.15, 0.2) is 11.0 Å². The smallest absolute Gasteiger partial charge is 0.235 e. The molecule has 4 rings (SSSR count). The number of hydrogen-bond donors (Lipinski definition) is 1. The van der Waals surface area contributed by atoms with Gasteiger partial charge in [-0.3, -0.25) is 9.36 Å². The molecule has 35 heavy (non-hydrogen) atoms. The Hall–Kier alpha value is -3.09. The predicted octanol–water partition coefficient (Wildman–Crippen LogP) is 5.38. The highest BCUT2D eigenvalue weighted by molar-refractivity contribution is 7.99. The molecule has 182 valence electrons. The number of nitriles is 1. The number of hydrogen-bond acceptors (Lipinski definition) is 7. The number of amides is 1. The number of carbonyl (C=O) groups is 1. The number of thioether (sulfide) groups is 1. The molecule has 0 bridgehead atoms. The highest BCUT2D eigenvalue weighted by Crippen LogP contribution is 2.40. The van der Waals surface area contributed by atoms with Crippen molar-refractivity contribution < 1.29 is 4.79 Å². The second-order valence-electron chi connectivity index (χ2n) is 8.82. The maximum atomic E-state index is 12.8. The number of thiophene rings is 1.